The van der Waals surface area contributed by atoms with E-state index in [9.17, 15) is 4.79 Å². The van der Waals surface area contributed by atoms with Crippen LogP contribution in [-0.2, 0) is 0 Å². The first-order valence-corrected chi connectivity index (χ1v) is 6.33. The maximum atomic E-state index is 11.7. The van der Waals surface area contributed by atoms with Gasteiger partial charge >= 0.3 is 6.03 Å². The quantitative estimate of drug-likeness (QED) is 0.846. The third-order valence-electron chi connectivity index (χ3n) is 3.66. The Bertz CT molecular complexity index is 385. The van der Waals surface area contributed by atoms with Crippen molar-refractivity contribution >= 4 is 6.03 Å². The summed E-state index contributed by atoms with van der Waals surface area (Å²) < 4.78 is 1.48. The molecule has 1 unspecified atom stereocenters. The van der Waals surface area contributed by atoms with Crippen molar-refractivity contribution in [2.24, 2.45) is 5.92 Å². The number of rotatable bonds is 3. The SMILES string of the molecule is O=C(NCC1CCN(C2CC2)C1)n1ccnc1. The number of likely N-dealkylation sites (tertiary alicyclic amines) is 1. The van der Waals surface area contributed by atoms with Gasteiger partial charge in [0.1, 0.15) is 6.33 Å². The van der Waals surface area contributed by atoms with E-state index >= 15 is 0 Å². The summed E-state index contributed by atoms with van der Waals surface area (Å²) in [6, 6.07) is 0.775. The smallest absolute Gasteiger partial charge is 0.326 e. The standard InChI is InChI=1S/C12H18N4O/c17-12(16-6-4-13-9-16)14-7-10-3-5-15(8-10)11-1-2-11/h4,6,9-11H,1-3,5,7-8H2,(H,14,17). The zero-order valence-corrected chi connectivity index (χ0v) is 9.88. The number of hydrogen-bond acceptors (Lipinski definition) is 3. The van der Waals surface area contributed by atoms with Crippen molar-refractivity contribution in [1.29, 1.82) is 0 Å². The van der Waals surface area contributed by atoms with E-state index in [1.807, 2.05) is 0 Å². The summed E-state index contributed by atoms with van der Waals surface area (Å²) in [4.78, 5) is 18.1. The molecule has 1 aromatic rings. The highest BCUT2D eigenvalue weighted by Gasteiger charge is 2.34. The van der Waals surface area contributed by atoms with E-state index in [4.69, 9.17) is 0 Å². The van der Waals surface area contributed by atoms with E-state index in [0.717, 1.165) is 19.1 Å². The molecule has 3 rings (SSSR count). The van der Waals surface area contributed by atoms with Gasteiger partial charge in [-0.25, -0.2) is 9.78 Å². The Kier molecular flexibility index (Phi) is 2.84. The van der Waals surface area contributed by atoms with E-state index in [1.165, 1.54) is 36.7 Å². The second kappa shape index (κ2) is 4.49. The Morgan fingerprint density at radius 2 is 2.29 bits per heavy atom. The van der Waals surface area contributed by atoms with Crippen molar-refractivity contribution in [3.05, 3.63) is 18.7 Å². The highest BCUT2D eigenvalue weighted by molar-refractivity contribution is 5.76. The van der Waals surface area contributed by atoms with Crippen molar-refractivity contribution in [3.63, 3.8) is 0 Å². The van der Waals surface area contributed by atoms with Crippen LogP contribution in [0, 0.1) is 5.92 Å². The van der Waals surface area contributed by atoms with Crippen molar-refractivity contribution < 1.29 is 4.79 Å². The van der Waals surface area contributed by atoms with Crippen LogP contribution in [0.15, 0.2) is 18.7 Å². The molecule has 1 N–H and O–H groups in total. The van der Waals surface area contributed by atoms with Crippen LogP contribution in [0.1, 0.15) is 19.3 Å². The minimum absolute atomic E-state index is 0.0765. The van der Waals surface area contributed by atoms with Crippen LogP contribution in [-0.4, -0.2) is 46.2 Å². The van der Waals surface area contributed by atoms with Gasteiger partial charge in [-0.3, -0.25) is 4.57 Å². The van der Waals surface area contributed by atoms with Crippen LogP contribution < -0.4 is 5.32 Å². The molecular formula is C12H18N4O. The first kappa shape index (κ1) is 10.8. The number of carbonyl (C=O) groups excluding carboxylic acids is 1. The topological polar surface area (TPSA) is 50.2 Å². The zero-order valence-electron chi connectivity index (χ0n) is 9.88. The van der Waals surface area contributed by atoms with Crippen molar-refractivity contribution in [3.8, 4) is 0 Å². The van der Waals surface area contributed by atoms with Gasteiger partial charge < -0.3 is 10.2 Å². The average molecular weight is 234 g/mol. The number of nitrogens with one attached hydrogen (secondary N) is 1. The van der Waals surface area contributed by atoms with Gasteiger partial charge in [-0.1, -0.05) is 0 Å². The number of aromatic nitrogens is 2. The monoisotopic (exact) mass is 234 g/mol. The fourth-order valence-corrected chi connectivity index (χ4v) is 2.50. The highest BCUT2D eigenvalue weighted by atomic mass is 16.2. The number of amides is 1. The summed E-state index contributed by atoms with van der Waals surface area (Å²) in [6.07, 6.45) is 8.76. The molecule has 2 heterocycles. The number of hydrogen-bond donors (Lipinski definition) is 1. The predicted molar refractivity (Wildman–Crippen MR) is 63.7 cm³/mol. The summed E-state index contributed by atoms with van der Waals surface area (Å²) in [6.45, 7) is 3.13. The van der Waals surface area contributed by atoms with Gasteiger partial charge in [0.25, 0.3) is 0 Å². The molecule has 17 heavy (non-hydrogen) atoms. The Hall–Kier alpha value is -1.36. The number of carbonyl (C=O) groups is 1. The van der Waals surface area contributed by atoms with Crippen LogP contribution in [0.4, 0.5) is 4.79 Å². The second-order valence-corrected chi connectivity index (χ2v) is 5.04. The van der Waals surface area contributed by atoms with E-state index in [-0.39, 0.29) is 6.03 Å². The second-order valence-electron chi connectivity index (χ2n) is 5.04. The van der Waals surface area contributed by atoms with Crippen molar-refractivity contribution in [2.45, 2.75) is 25.3 Å². The maximum Gasteiger partial charge on any atom is 0.326 e. The Balaban J connectivity index is 1.44. The van der Waals surface area contributed by atoms with Crippen LogP contribution in [0.5, 0.6) is 0 Å². The molecule has 0 radical (unpaired) electrons. The van der Waals surface area contributed by atoms with Crippen LogP contribution >= 0.6 is 0 Å². The summed E-state index contributed by atoms with van der Waals surface area (Å²) in [5.74, 6) is 0.614. The van der Waals surface area contributed by atoms with Gasteiger partial charge in [0.2, 0.25) is 0 Å². The van der Waals surface area contributed by atoms with E-state index in [1.54, 1.807) is 12.4 Å². The van der Waals surface area contributed by atoms with Gasteiger partial charge in [-0.15, -0.1) is 0 Å². The summed E-state index contributed by atoms with van der Waals surface area (Å²) in [5, 5.41) is 2.96. The van der Waals surface area contributed by atoms with Gasteiger partial charge in [0, 0.05) is 31.5 Å². The molecule has 0 aromatic carbocycles. The lowest BCUT2D eigenvalue weighted by molar-refractivity contribution is 0.240. The first-order valence-electron chi connectivity index (χ1n) is 6.33. The van der Waals surface area contributed by atoms with Gasteiger partial charge in [-0.05, 0) is 31.7 Å². The number of imidazole rings is 1. The summed E-state index contributed by atoms with van der Waals surface area (Å²) in [7, 11) is 0. The van der Waals surface area contributed by atoms with Gasteiger partial charge in [-0.2, -0.15) is 0 Å². The molecule has 1 amide bonds. The minimum atomic E-state index is -0.0765. The van der Waals surface area contributed by atoms with Crippen molar-refractivity contribution in [2.75, 3.05) is 19.6 Å². The molecule has 1 saturated carbocycles. The van der Waals surface area contributed by atoms with E-state index < -0.39 is 0 Å². The molecule has 1 aliphatic heterocycles. The molecule has 92 valence electrons. The fourth-order valence-electron chi connectivity index (χ4n) is 2.50. The average Bonchev–Trinajstić information content (AvgIpc) is 2.88. The third-order valence-corrected chi connectivity index (χ3v) is 3.66. The Morgan fingerprint density at radius 1 is 1.41 bits per heavy atom. The molecule has 2 aliphatic rings. The highest BCUT2D eigenvalue weighted by Crippen LogP contribution is 2.31. The van der Waals surface area contributed by atoms with Gasteiger partial charge in [0.05, 0.1) is 0 Å². The minimum Gasteiger partial charge on any atom is -0.337 e. The Morgan fingerprint density at radius 3 is 3.00 bits per heavy atom. The van der Waals surface area contributed by atoms with E-state index in [2.05, 4.69) is 15.2 Å². The molecule has 1 saturated heterocycles. The molecular weight excluding hydrogens is 216 g/mol. The normalized spacial score (nSPS) is 25.1. The van der Waals surface area contributed by atoms with Crippen LogP contribution in [0.3, 0.4) is 0 Å². The zero-order chi connectivity index (χ0) is 11.7. The van der Waals surface area contributed by atoms with Crippen LogP contribution in [0.25, 0.3) is 0 Å². The van der Waals surface area contributed by atoms with E-state index in [0.29, 0.717) is 5.92 Å². The maximum absolute atomic E-state index is 11.7. The lowest BCUT2D eigenvalue weighted by Gasteiger charge is -2.15. The Labute approximate surface area is 101 Å². The molecule has 5 nitrogen and oxygen atoms in total. The summed E-state index contributed by atoms with van der Waals surface area (Å²) >= 11 is 0. The fraction of sp³-hybridized carbons (Fsp3) is 0.667. The lowest BCUT2D eigenvalue weighted by atomic mass is 10.1. The number of nitrogens with zero attached hydrogens (tertiary/aromatic N) is 3. The molecule has 0 spiro atoms. The van der Waals surface area contributed by atoms with Crippen LogP contribution in [0.2, 0.25) is 0 Å². The molecule has 1 aliphatic carbocycles. The van der Waals surface area contributed by atoms with Crippen molar-refractivity contribution in [1.82, 2.24) is 19.8 Å². The largest absolute Gasteiger partial charge is 0.337 e. The predicted octanol–water partition coefficient (Wildman–Crippen LogP) is 0.925. The molecule has 1 aromatic heterocycles. The molecule has 0 bridgehead atoms. The van der Waals surface area contributed by atoms with Gasteiger partial charge in [0.15, 0.2) is 0 Å². The molecule has 1 atom stereocenters. The summed E-state index contributed by atoms with van der Waals surface area (Å²) in [5.41, 5.74) is 0. The first-order chi connectivity index (χ1) is 8.33. The molecule has 2 fully saturated rings. The third kappa shape index (κ3) is 2.49. The molecule has 5 heteroatoms. The lowest BCUT2D eigenvalue weighted by Crippen LogP contribution is -2.33.